The van der Waals surface area contributed by atoms with Gasteiger partial charge in [0.15, 0.2) is 0 Å². The molecule has 104 valence electrons. The fraction of sp³-hybridized carbons (Fsp3) is 0.462. The maximum Gasteiger partial charge on any atom is 0.315 e. The van der Waals surface area contributed by atoms with E-state index in [-0.39, 0.29) is 12.1 Å². The number of aliphatic carboxylic acids is 1. The average molecular weight is 265 g/mol. The summed E-state index contributed by atoms with van der Waals surface area (Å²) in [7, 11) is 0. The lowest BCUT2D eigenvalue weighted by Crippen LogP contribution is -2.38. The van der Waals surface area contributed by atoms with Crippen molar-refractivity contribution >= 4 is 12.0 Å². The van der Waals surface area contributed by atoms with E-state index in [4.69, 9.17) is 5.11 Å². The molecule has 2 amide bonds. The van der Waals surface area contributed by atoms with Crippen molar-refractivity contribution in [1.82, 2.24) is 15.6 Å². The van der Waals surface area contributed by atoms with E-state index in [9.17, 15) is 9.59 Å². The summed E-state index contributed by atoms with van der Waals surface area (Å²) in [4.78, 5) is 26.3. The molecule has 0 radical (unpaired) electrons. The Labute approximate surface area is 112 Å². The number of aromatic nitrogens is 1. The molecule has 6 heteroatoms. The van der Waals surface area contributed by atoms with Gasteiger partial charge in [0.25, 0.3) is 0 Å². The molecule has 0 saturated heterocycles. The molecule has 6 nitrogen and oxygen atoms in total. The Balaban J connectivity index is 2.30. The maximum atomic E-state index is 11.6. The molecule has 0 aliphatic heterocycles. The van der Waals surface area contributed by atoms with E-state index in [1.54, 1.807) is 13.1 Å². The largest absolute Gasteiger partial charge is 0.481 e. The van der Waals surface area contributed by atoms with Crippen LogP contribution in [0, 0.1) is 5.92 Å². The zero-order valence-electron chi connectivity index (χ0n) is 11.1. The van der Waals surface area contributed by atoms with Crippen molar-refractivity contribution in [2.75, 3.05) is 6.54 Å². The van der Waals surface area contributed by atoms with Crippen LogP contribution in [-0.4, -0.2) is 28.6 Å². The monoisotopic (exact) mass is 265 g/mol. The normalized spacial score (nSPS) is 13.4. The van der Waals surface area contributed by atoms with Crippen LogP contribution in [0.5, 0.6) is 0 Å². The van der Waals surface area contributed by atoms with Crippen molar-refractivity contribution in [3.8, 4) is 0 Å². The van der Waals surface area contributed by atoms with E-state index in [2.05, 4.69) is 15.6 Å². The van der Waals surface area contributed by atoms with E-state index in [1.165, 1.54) is 0 Å². The number of nitrogens with one attached hydrogen (secondary N) is 2. The summed E-state index contributed by atoms with van der Waals surface area (Å²) in [6.07, 6.45) is 2.07. The molecule has 2 unspecified atom stereocenters. The van der Waals surface area contributed by atoms with Crippen LogP contribution < -0.4 is 10.6 Å². The zero-order chi connectivity index (χ0) is 14.3. The molecule has 0 bridgehead atoms. The Kier molecular flexibility index (Phi) is 5.78. The number of hydrogen-bond acceptors (Lipinski definition) is 3. The molecule has 1 aromatic rings. The second-order valence-corrected chi connectivity index (χ2v) is 4.40. The van der Waals surface area contributed by atoms with Crippen LogP contribution in [0.4, 0.5) is 4.79 Å². The number of carbonyl (C=O) groups is 2. The lowest BCUT2D eigenvalue weighted by Gasteiger charge is -2.14. The van der Waals surface area contributed by atoms with Gasteiger partial charge in [-0.1, -0.05) is 13.0 Å². The topological polar surface area (TPSA) is 91.3 Å². The van der Waals surface area contributed by atoms with Crippen molar-refractivity contribution in [2.45, 2.75) is 26.3 Å². The predicted molar refractivity (Wildman–Crippen MR) is 70.6 cm³/mol. The molecule has 0 aliphatic rings. The Morgan fingerprint density at radius 1 is 1.37 bits per heavy atom. The number of rotatable bonds is 6. The van der Waals surface area contributed by atoms with Crippen molar-refractivity contribution < 1.29 is 14.7 Å². The number of nitrogens with zero attached hydrogens (tertiary/aromatic N) is 1. The Morgan fingerprint density at radius 2 is 2.11 bits per heavy atom. The number of hydrogen-bond donors (Lipinski definition) is 3. The van der Waals surface area contributed by atoms with Crippen LogP contribution in [0.2, 0.25) is 0 Å². The Bertz CT molecular complexity index is 422. The van der Waals surface area contributed by atoms with Crippen LogP contribution in [-0.2, 0) is 4.79 Å². The third kappa shape index (κ3) is 5.37. The molecule has 0 aromatic carbocycles. The number of pyridine rings is 1. The second kappa shape index (κ2) is 7.35. The molecule has 19 heavy (non-hydrogen) atoms. The average Bonchev–Trinajstić information content (AvgIpc) is 2.39. The molecule has 0 spiro atoms. The zero-order valence-corrected chi connectivity index (χ0v) is 11.1. The van der Waals surface area contributed by atoms with Gasteiger partial charge in [-0.25, -0.2) is 4.79 Å². The highest BCUT2D eigenvalue weighted by molar-refractivity contribution is 5.74. The number of urea groups is 1. The summed E-state index contributed by atoms with van der Waals surface area (Å²) in [6.45, 7) is 3.77. The van der Waals surface area contributed by atoms with E-state index in [0.717, 1.165) is 5.69 Å². The van der Waals surface area contributed by atoms with Gasteiger partial charge in [-0.3, -0.25) is 9.78 Å². The standard InChI is InChI=1S/C13H19N3O3/c1-9(12(17)18)6-8-15-13(19)16-10(2)11-5-3-4-7-14-11/h3-5,7,9-10H,6,8H2,1-2H3,(H,17,18)(H2,15,16,19). The molecule has 1 aromatic heterocycles. The first-order valence-corrected chi connectivity index (χ1v) is 6.18. The van der Waals surface area contributed by atoms with Gasteiger partial charge in [-0.2, -0.15) is 0 Å². The Morgan fingerprint density at radius 3 is 2.68 bits per heavy atom. The number of carboxylic acids is 1. The highest BCUT2D eigenvalue weighted by atomic mass is 16.4. The highest BCUT2D eigenvalue weighted by Crippen LogP contribution is 2.07. The molecule has 1 heterocycles. The molecule has 0 saturated carbocycles. The van der Waals surface area contributed by atoms with Gasteiger partial charge < -0.3 is 15.7 Å². The minimum absolute atomic E-state index is 0.196. The third-order valence-electron chi connectivity index (χ3n) is 2.76. The van der Waals surface area contributed by atoms with Crippen LogP contribution >= 0.6 is 0 Å². The summed E-state index contributed by atoms with van der Waals surface area (Å²) < 4.78 is 0. The first-order chi connectivity index (χ1) is 9.00. The van der Waals surface area contributed by atoms with Gasteiger partial charge in [0.05, 0.1) is 17.7 Å². The smallest absolute Gasteiger partial charge is 0.315 e. The van der Waals surface area contributed by atoms with Gasteiger partial charge >= 0.3 is 12.0 Å². The molecule has 2 atom stereocenters. The quantitative estimate of drug-likeness (QED) is 0.727. The lowest BCUT2D eigenvalue weighted by molar-refractivity contribution is -0.141. The fourth-order valence-corrected chi connectivity index (χ4v) is 1.48. The van der Waals surface area contributed by atoms with E-state index < -0.39 is 11.9 Å². The summed E-state index contributed by atoms with van der Waals surface area (Å²) >= 11 is 0. The van der Waals surface area contributed by atoms with Gasteiger partial charge in [-0.05, 0) is 25.5 Å². The van der Waals surface area contributed by atoms with Crippen molar-refractivity contribution in [3.63, 3.8) is 0 Å². The fourth-order valence-electron chi connectivity index (χ4n) is 1.48. The predicted octanol–water partition coefficient (Wildman–Crippen LogP) is 1.55. The van der Waals surface area contributed by atoms with Crippen LogP contribution in [0.15, 0.2) is 24.4 Å². The molecule has 0 aliphatic carbocycles. The number of carboxylic acid groups (broad SMARTS) is 1. The lowest BCUT2D eigenvalue weighted by atomic mass is 10.1. The molecular weight excluding hydrogens is 246 g/mol. The summed E-state index contributed by atoms with van der Waals surface area (Å²) in [5.74, 6) is -1.32. The van der Waals surface area contributed by atoms with Gasteiger partial charge in [-0.15, -0.1) is 0 Å². The highest BCUT2D eigenvalue weighted by Gasteiger charge is 2.12. The molecule has 3 N–H and O–H groups in total. The SMILES string of the molecule is CC(CCNC(=O)NC(C)c1ccccn1)C(=O)O. The number of carbonyl (C=O) groups excluding carboxylic acids is 1. The summed E-state index contributed by atoms with van der Waals surface area (Å²) in [5.41, 5.74) is 0.775. The molecule has 0 fully saturated rings. The summed E-state index contributed by atoms with van der Waals surface area (Å²) in [6, 6.07) is 4.97. The van der Waals surface area contributed by atoms with Crippen molar-refractivity contribution in [2.24, 2.45) is 5.92 Å². The van der Waals surface area contributed by atoms with Crippen LogP contribution in [0.3, 0.4) is 0 Å². The number of amides is 2. The minimum atomic E-state index is -0.857. The second-order valence-electron chi connectivity index (χ2n) is 4.40. The summed E-state index contributed by atoms with van der Waals surface area (Å²) in [5, 5.41) is 14.1. The van der Waals surface area contributed by atoms with E-state index in [0.29, 0.717) is 13.0 Å². The minimum Gasteiger partial charge on any atom is -0.481 e. The van der Waals surface area contributed by atoms with E-state index >= 15 is 0 Å². The van der Waals surface area contributed by atoms with E-state index in [1.807, 2.05) is 25.1 Å². The van der Waals surface area contributed by atoms with Crippen LogP contribution in [0.25, 0.3) is 0 Å². The first-order valence-electron chi connectivity index (χ1n) is 6.18. The van der Waals surface area contributed by atoms with Crippen molar-refractivity contribution in [1.29, 1.82) is 0 Å². The molecule has 1 rings (SSSR count). The Hall–Kier alpha value is -2.11. The van der Waals surface area contributed by atoms with Crippen molar-refractivity contribution in [3.05, 3.63) is 30.1 Å². The van der Waals surface area contributed by atoms with Crippen LogP contribution in [0.1, 0.15) is 32.0 Å². The van der Waals surface area contributed by atoms with Gasteiger partial charge in [0, 0.05) is 12.7 Å². The molecular formula is C13H19N3O3. The maximum absolute atomic E-state index is 11.6. The van der Waals surface area contributed by atoms with Gasteiger partial charge in [0.2, 0.25) is 0 Å². The third-order valence-corrected chi connectivity index (χ3v) is 2.76. The first kappa shape index (κ1) is 14.9. The van der Waals surface area contributed by atoms with Gasteiger partial charge in [0.1, 0.15) is 0 Å².